The molecule has 1 aromatic rings. The van der Waals surface area contributed by atoms with Gasteiger partial charge in [0.15, 0.2) is 5.78 Å². The molecule has 0 radical (unpaired) electrons. The molecule has 3 rings (SSSR count). The zero-order chi connectivity index (χ0) is 16.8. The predicted molar refractivity (Wildman–Crippen MR) is 73.8 cm³/mol. The first-order valence-corrected chi connectivity index (χ1v) is 7.09. The number of likely N-dealkylation sites (tertiary alicyclic amines) is 1. The van der Waals surface area contributed by atoms with E-state index in [4.69, 9.17) is 0 Å². The number of hydrogen-bond acceptors (Lipinski definition) is 3. The number of nitrogens with one attached hydrogen (secondary N) is 1. The summed E-state index contributed by atoms with van der Waals surface area (Å²) in [7, 11) is 0. The van der Waals surface area contributed by atoms with Crippen LogP contribution in [0.1, 0.15) is 22.3 Å². The number of rotatable bonds is 2. The highest BCUT2D eigenvalue weighted by atomic mass is 19.4. The van der Waals surface area contributed by atoms with Gasteiger partial charge in [-0.1, -0.05) is 0 Å². The summed E-state index contributed by atoms with van der Waals surface area (Å²) in [5, 5.41) is 2.69. The lowest BCUT2D eigenvalue weighted by atomic mass is 9.89. The number of alkyl halides is 3. The summed E-state index contributed by atoms with van der Waals surface area (Å²) in [5.41, 5.74) is 1.88. The van der Waals surface area contributed by atoms with Gasteiger partial charge in [-0.2, -0.15) is 13.2 Å². The highest BCUT2D eigenvalue weighted by Crippen LogP contribution is 2.29. The molecular weight excluding hydrogens is 313 g/mol. The fourth-order valence-electron chi connectivity index (χ4n) is 2.76. The second kappa shape index (κ2) is 5.36. The fraction of sp³-hybridized carbons (Fsp3) is 0.400. The largest absolute Gasteiger partial charge is 0.471 e. The molecule has 0 atom stereocenters. The van der Waals surface area contributed by atoms with Crippen molar-refractivity contribution < 1.29 is 27.6 Å². The Kier molecular flexibility index (Phi) is 3.62. The average molecular weight is 326 g/mol. The van der Waals surface area contributed by atoms with E-state index in [-0.39, 0.29) is 24.8 Å². The monoisotopic (exact) mass is 326 g/mol. The third-order valence-electron chi connectivity index (χ3n) is 4.07. The van der Waals surface area contributed by atoms with Gasteiger partial charge in [-0.15, -0.1) is 0 Å². The Labute approximate surface area is 129 Å². The van der Waals surface area contributed by atoms with Gasteiger partial charge in [-0.3, -0.25) is 14.4 Å². The molecule has 0 aliphatic carbocycles. The van der Waals surface area contributed by atoms with Crippen molar-refractivity contribution in [3.8, 4) is 0 Å². The number of hydrogen-bond donors (Lipinski definition) is 1. The van der Waals surface area contributed by atoms with Crippen molar-refractivity contribution in [2.24, 2.45) is 5.92 Å². The summed E-state index contributed by atoms with van der Waals surface area (Å²) in [5.74, 6) is -2.89. The summed E-state index contributed by atoms with van der Waals surface area (Å²) < 4.78 is 36.8. The lowest BCUT2D eigenvalue weighted by Crippen LogP contribution is -2.56. The standard InChI is InChI=1S/C15H13F3N2O3/c16-15(17,18)14(23)20-6-10(7-20)13(22)9-1-3-11-8(5-9)2-4-12(21)19-11/h1,3,5,10H,2,4,6-7H2,(H,19,21). The van der Waals surface area contributed by atoms with Gasteiger partial charge in [-0.05, 0) is 30.2 Å². The first-order valence-electron chi connectivity index (χ1n) is 7.09. The van der Waals surface area contributed by atoms with Crippen molar-refractivity contribution in [3.05, 3.63) is 29.3 Å². The molecule has 1 aromatic carbocycles. The molecule has 2 aliphatic heterocycles. The predicted octanol–water partition coefficient (Wildman–Crippen LogP) is 1.77. The summed E-state index contributed by atoms with van der Waals surface area (Å²) in [4.78, 5) is 35.2. The van der Waals surface area contributed by atoms with Gasteiger partial charge < -0.3 is 10.2 Å². The maximum Gasteiger partial charge on any atom is 0.471 e. The Bertz CT molecular complexity index is 694. The molecule has 0 spiro atoms. The number of halogens is 3. The second-order valence-corrected chi connectivity index (χ2v) is 5.69. The molecule has 1 saturated heterocycles. The molecule has 1 fully saturated rings. The summed E-state index contributed by atoms with van der Waals surface area (Å²) in [6.07, 6.45) is -4.05. The van der Waals surface area contributed by atoms with Gasteiger partial charge in [0.1, 0.15) is 0 Å². The number of aryl methyl sites for hydroxylation is 1. The van der Waals surface area contributed by atoms with Crippen LogP contribution in [-0.4, -0.2) is 41.8 Å². The fourth-order valence-corrected chi connectivity index (χ4v) is 2.76. The minimum Gasteiger partial charge on any atom is -0.333 e. The smallest absolute Gasteiger partial charge is 0.333 e. The van der Waals surface area contributed by atoms with Gasteiger partial charge in [0.05, 0.1) is 5.92 Å². The van der Waals surface area contributed by atoms with Crippen molar-refractivity contribution in [2.45, 2.75) is 19.0 Å². The van der Waals surface area contributed by atoms with Gasteiger partial charge in [-0.25, -0.2) is 0 Å². The van der Waals surface area contributed by atoms with Crippen LogP contribution in [0.5, 0.6) is 0 Å². The zero-order valence-corrected chi connectivity index (χ0v) is 11.9. The van der Waals surface area contributed by atoms with Crippen LogP contribution in [-0.2, 0) is 16.0 Å². The molecule has 1 N–H and O–H groups in total. The topological polar surface area (TPSA) is 66.5 Å². The quantitative estimate of drug-likeness (QED) is 0.843. The second-order valence-electron chi connectivity index (χ2n) is 5.69. The molecule has 2 heterocycles. The Morgan fingerprint density at radius 2 is 1.87 bits per heavy atom. The van der Waals surface area contributed by atoms with Gasteiger partial charge >= 0.3 is 12.1 Å². The van der Waals surface area contributed by atoms with E-state index >= 15 is 0 Å². The van der Waals surface area contributed by atoms with Crippen LogP contribution in [0.15, 0.2) is 18.2 Å². The summed E-state index contributed by atoms with van der Waals surface area (Å²) in [6, 6.07) is 4.82. The number of ketones is 1. The van der Waals surface area contributed by atoms with Crippen LogP contribution in [0.25, 0.3) is 0 Å². The van der Waals surface area contributed by atoms with Crippen LogP contribution < -0.4 is 5.32 Å². The molecule has 0 unspecified atom stereocenters. The third kappa shape index (κ3) is 2.93. The molecule has 23 heavy (non-hydrogen) atoms. The number of anilines is 1. The van der Waals surface area contributed by atoms with E-state index in [0.717, 1.165) is 5.56 Å². The maximum atomic E-state index is 12.3. The Morgan fingerprint density at radius 3 is 2.52 bits per heavy atom. The first-order chi connectivity index (χ1) is 10.8. The highest BCUT2D eigenvalue weighted by Gasteiger charge is 2.48. The summed E-state index contributed by atoms with van der Waals surface area (Å²) in [6.45, 7) is -0.435. The molecule has 0 saturated carbocycles. The van der Waals surface area contributed by atoms with Crippen LogP contribution in [0, 0.1) is 5.92 Å². The molecule has 0 aromatic heterocycles. The average Bonchev–Trinajstić information content (AvgIpc) is 2.43. The zero-order valence-electron chi connectivity index (χ0n) is 11.9. The molecule has 122 valence electrons. The third-order valence-corrected chi connectivity index (χ3v) is 4.07. The van der Waals surface area contributed by atoms with Crippen LogP contribution >= 0.6 is 0 Å². The van der Waals surface area contributed by atoms with Crippen molar-refractivity contribution in [2.75, 3.05) is 18.4 Å². The Balaban J connectivity index is 1.67. The minimum absolute atomic E-state index is 0.0862. The van der Waals surface area contributed by atoms with Crippen LogP contribution in [0.3, 0.4) is 0 Å². The highest BCUT2D eigenvalue weighted by molar-refractivity contribution is 6.01. The van der Waals surface area contributed by atoms with Crippen molar-refractivity contribution in [3.63, 3.8) is 0 Å². The molecule has 2 aliphatic rings. The number of benzene rings is 1. The van der Waals surface area contributed by atoms with Crippen molar-refractivity contribution in [1.29, 1.82) is 0 Å². The minimum atomic E-state index is -4.90. The normalized spacial score (nSPS) is 18.0. The van der Waals surface area contributed by atoms with E-state index in [9.17, 15) is 27.6 Å². The number of amides is 2. The van der Waals surface area contributed by atoms with Crippen LogP contribution in [0.4, 0.5) is 18.9 Å². The lowest BCUT2D eigenvalue weighted by molar-refractivity contribution is -0.190. The van der Waals surface area contributed by atoms with E-state index < -0.39 is 18.0 Å². The SMILES string of the molecule is O=C1CCc2cc(C(=O)C3CN(C(=O)C(F)(F)F)C3)ccc2N1. The summed E-state index contributed by atoms with van der Waals surface area (Å²) >= 11 is 0. The van der Waals surface area contributed by atoms with Gasteiger partial charge in [0.2, 0.25) is 5.91 Å². The van der Waals surface area contributed by atoms with Gasteiger partial charge in [0, 0.05) is 30.8 Å². The molecule has 0 bridgehead atoms. The van der Waals surface area contributed by atoms with E-state index in [1.165, 1.54) is 0 Å². The van der Waals surface area contributed by atoms with E-state index in [0.29, 0.717) is 29.0 Å². The molecule has 8 heteroatoms. The number of fused-ring (bicyclic) bond motifs is 1. The molecule has 5 nitrogen and oxygen atoms in total. The lowest BCUT2D eigenvalue weighted by Gasteiger charge is -2.38. The van der Waals surface area contributed by atoms with E-state index in [2.05, 4.69) is 5.32 Å². The Hall–Kier alpha value is -2.38. The molecular formula is C15H13F3N2O3. The van der Waals surface area contributed by atoms with Crippen LogP contribution in [0.2, 0.25) is 0 Å². The first kappa shape index (κ1) is 15.5. The van der Waals surface area contributed by atoms with E-state index in [1.807, 2.05) is 0 Å². The number of carbonyl (C=O) groups is 3. The Morgan fingerprint density at radius 1 is 1.17 bits per heavy atom. The number of Topliss-reactive ketones (excluding diaryl/α,β-unsaturated/α-hetero) is 1. The van der Waals surface area contributed by atoms with Gasteiger partial charge in [0.25, 0.3) is 0 Å². The number of nitrogens with zero attached hydrogens (tertiary/aromatic N) is 1. The maximum absolute atomic E-state index is 12.3. The number of carbonyl (C=O) groups excluding carboxylic acids is 3. The van der Waals surface area contributed by atoms with Crippen molar-refractivity contribution in [1.82, 2.24) is 4.90 Å². The van der Waals surface area contributed by atoms with Crippen molar-refractivity contribution >= 4 is 23.3 Å². The van der Waals surface area contributed by atoms with E-state index in [1.54, 1.807) is 18.2 Å². The molecule has 2 amide bonds.